The van der Waals surface area contributed by atoms with E-state index in [4.69, 9.17) is 23.2 Å². The zero-order valence-electron chi connectivity index (χ0n) is 12.2. The van der Waals surface area contributed by atoms with Gasteiger partial charge in [0.2, 0.25) is 5.91 Å². The van der Waals surface area contributed by atoms with Gasteiger partial charge in [0.25, 0.3) is 0 Å². The Balaban J connectivity index is 1.88. The monoisotopic (exact) mass is 324 g/mol. The second-order valence-electron chi connectivity index (χ2n) is 6.66. The molecule has 21 heavy (non-hydrogen) atoms. The van der Waals surface area contributed by atoms with Crippen LogP contribution in [-0.2, 0) is 4.79 Å². The number of carbonyl (C=O) groups excluding carboxylic acids is 1. The summed E-state index contributed by atoms with van der Waals surface area (Å²) in [7, 11) is 0. The third kappa shape index (κ3) is 2.09. The van der Waals surface area contributed by atoms with Gasteiger partial charge < -0.3 is 5.32 Å². The Morgan fingerprint density at radius 2 is 2.19 bits per heavy atom. The number of halogens is 2. The van der Waals surface area contributed by atoms with Crippen LogP contribution in [-0.4, -0.2) is 10.9 Å². The fraction of sp³-hybridized carbons (Fsp3) is 0.500. The van der Waals surface area contributed by atoms with E-state index in [2.05, 4.69) is 30.7 Å². The lowest BCUT2D eigenvalue weighted by atomic mass is 9.68. The number of amides is 1. The van der Waals surface area contributed by atoms with Gasteiger partial charge in [-0.3, -0.25) is 4.79 Å². The Bertz CT molecular complexity index is 641. The van der Waals surface area contributed by atoms with Gasteiger partial charge >= 0.3 is 0 Å². The number of pyridine rings is 1. The molecule has 0 saturated heterocycles. The zero-order chi connectivity index (χ0) is 15.4. The summed E-state index contributed by atoms with van der Waals surface area (Å²) >= 11 is 11.9. The molecule has 0 spiro atoms. The molecular formula is C16H18Cl2N2O. The van der Waals surface area contributed by atoms with Crippen LogP contribution in [0.15, 0.2) is 24.4 Å². The maximum atomic E-state index is 12.8. The molecule has 2 atom stereocenters. The molecule has 2 fully saturated rings. The molecule has 1 amide bonds. The molecular weight excluding hydrogens is 307 g/mol. The number of hydrogen-bond acceptors (Lipinski definition) is 2. The largest absolute Gasteiger partial charge is 0.309 e. The number of carbonyl (C=O) groups is 1. The minimum atomic E-state index is -0.473. The first kappa shape index (κ1) is 14.9. The van der Waals surface area contributed by atoms with Gasteiger partial charge in [-0.1, -0.05) is 49.2 Å². The van der Waals surface area contributed by atoms with Gasteiger partial charge in [0.1, 0.15) is 0 Å². The fourth-order valence-corrected chi connectivity index (χ4v) is 4.30. The Kier molecular flexibility index (Phi) is 3.34. The molecule has 2 saturated carbocycles. The van der Waals surface area contributed by atoms with Crippen LogP contribution in [0.5, 0.6) is 0 Å². The van der Waals surface area contributed by atoms with E-state index in [0.29, 0.717) is 21.8 Å². The molecule has 0 aromatic carbocycles. The van der Waals surface area contributed by atoms with E-state index in [1.54, 1.807) is 6.07 Å². The summed E-state index contributed by atoms with van der Waals surface area (Å²) in [4.78, 5) is 16.9. The van der Waals surface area contributed by atoms with E-state index in [-0.39, 0.29) is 11.3 Å². The van der Waals surface area contributed by atoms with Crippen LogP contribution in [0.1, 0.15) is 33.1 Å². The van der Waals surface area contributed by atoms with Gasteiger partial charge in [0, 0.05) is 6.20 Å². The van der Waals surface area contributed by atoms with Crippen molar-refractivity contribution in [2.75, 3.05) is 5.32 Å². The Morgan fingerprint density at radius 3 is 2.76 bits per heavy atom. The van der Waals surface area contributed by atoms with Crippen LogP contribution in [0.25, 0.3) is 0 Å². The highest BCUT2D eigenvalue weighted by molar-refractivity contribution is 6.36. The molecule has 0 aliphatic heterocycles. The number of rotatable bonds is 2. The van der Waals surface area contributed by atoms with Gasteiger partial charge in [0.05, 0.1) is 15.5 Å². The van der Waals surface area contributed by atoms with Crippen molar-refractivity contribution in [2.24, 2.45) is 16.7 Å². The molecule has 112 valence electrons. The molecule has 3 nitrogen and oxygen atoms in total. The Labute approximate surface area is 134 Å². The normalized spacial score (nSPS) is 29.7. The molecule has 5 heteroatoms. The second kappa shape index (κ2) is 4.72. The first-order chi connectivity index (χ1) is 9.77. The highest BCUT2D eigenvalue weighted by Crippen LogP contribution is 2.65. The minimum absolute atomic E-state index is 0.0206. The average molecular weight is 325 g/mol. The SMILES string of the molecule is C=C1C(C)(C)[C@H]2CC[C@]1(C(=O)Nc1ncc(Cl)cc1Cl)C2. The van der Waals surface area contributed by atoms with E-state index in [1.807, 2.05) is 0 Å². The van der Waals surface area contributed by atoms with Crippen LogP contribution in [0.2, 0.25) is 10.0 Å². The van der Waals surface area contributed by atoms with E-state index in [0.717, 1.165) is 24.8 Å². The standard InChI is InChI=1S/C16H18Cl2N2O/c1-9-15(2,3)10-4-5-16(9,7-10)14(21)20-13-12(18)6-11(17)8-19-13/h6,8,10H,1,4-5,7H2,2-3H3,(H,19,20,21)/t10-,16-/m0/s1. The van der Waals surface area contributed by atoms with Gasteiger partial charge in [-0.15, -0.1) is 0 Å². The summed E-state index contributed by atoms with van der Waals surface area (Å²) in [6, 6.07) is 1.58. The molecule has 1 aromatic rings. The van der Waals surface area contributed by atoms with Crippen LogP contribution < -0.4 is 5.32 Å². The second-order valence-corrected chi connectivity index (χ2v) is 7.50. The number of nitrogens with zero attached hydrogens (tertiary/aromatic N) is 1. The number of nitrogens with one attached hydrogen (secondary N) is 1. The number of aromatic nitrogens is 1. The lowest BCUT2D eigenvalue weighted by molar-refractivity contribution is -0.123. The van der Waals surface area contributed by atoms with E-state index in [9.17, 15) is 4.79 Å². The van der Waals surface area contributed by atoms with Crippen molar-refractivity contribution in [1.82, 2.24) is 4.98 Å². The summed E-state index contributed by atoms with van der Waals surface area (Å²) in [6.07, 6.45) is 4.28. The van der Waals surface area contributed by atoms with Crippen molar-refractivity contribution in [3.63, 3.8) is 0 Å². The quantitative estimate of drug-likeness (QED) is 0.800. The van der Waals surface area contributed by atoms with Crippen molar-refractivity contribution in [3.8, 4) is 0 Å². The predicted molar refractivity (Wildman–Crippen MR) is 85.6 cm³/mol. The van der Waals surface area contributed by atoms with E-state index in [1.165, 1.54) is 6.20 Å². The number of fused-ring (bicyclic) bond motifs is 2. The van der Waals surface area contributed by atoms with Crippen LogP contribution >= 0.6 is 23.2 Å². The molecule has 0 radical (unpaired) electrons. The molecule has 0 unspecified atom stereocenters. The van der Waals surface area contributed by atoms with Gasteiger partial charge in [-0.25, -0.2) is 4.98 Å². The predicted octanol–water partition coefficient (Wildman–Crippen LogP) is 4.71. The Morgan fingerprint density at radius 1 is 1.48 bits per heavy atom. The van der Waals surface area contributed by atoms with Crippen molar-refractivity contribution in [2.45, 2.75) is 33.1 Å². The van der Waals surface area contributed by atoms with Gasteiger partial charge in [-0.05, 0) is 36.7 Å². The van der Waals surface area contributed by atoms with Gasteiger partial charge in [0.15, 0.2) is 5.82 Å². The lowest BCUT2D eigenvalue weighted by Gasteiger charge is -2.37. The summed E-state index contributed by atoms with van der Waals surface area (Å²) in [5.74, 6) is 0.850. The molecule has 1 N–H and O–H groups in total. The highest BCUT2D eigenvalue weighted by atomic mass is 35.5. The first-order valence-corrected chi connectivity index (χ1v) is 7.85. The van der Waals surface area contributed by atoms with Crippen molar-refractivity contribution >= 4 is 34.9 Å². The highest BCUT2D eigenvalue weighted by Gasteiger charge is 2.60. The average Bonchev–Trinajstić information content (AvgIpc) is 2.93. The van der Waals surface area contributed by atoms with Crippen LogP contribution in [0, 0.1) is 16.7 Å². The summed E-state index contributed by atoms with van der Waals surface area (Å²) in [5.41, 5.74) is 0.583. The number of anilines is 1. The summed E-state index contributed by atoms with van der Waals surface area (Å²) in [6.45, 7) is 8.59. The maximum absolute atomic E-state index is 12.8. The summed E-state index contributed by atoms with van der Waals surface area (Å²) < 4.78 is 0. The van der Waals surface area contributed by atoms with E-state index < -0.39 is 5.41 Å². The Hall–Kier alpha value is -1.06. The summed E-state index contributed by atoms with van der Waals surface area (Å²) in [5, 5.41) is 3.66. The maximum Gasteiger partial charge on any atom is 0.235 e. The molecule has 2 aliphatic rings. The third-order valence-corrected chi connectivity index (χ3v) is 5.86. The zero-order valence-corrected chi connectivity index (χ0v) is 13.7. The van der Waals surface area contributed by atoms with Crippen LogP contribution in [0.4, 0.5) is 5.82 Å². The van der Waals surface area contributed by atoms with Crippen molar-refractivity contribution < 1.29 is 4.79 Å². The molecule has 3 rings (SSSR count). The smallest absolute Gasteiger partial charge is 0.235 e. The van der Waals surface area contributed by atoms with Gasteiger partial charge in [-0.2, -0.15) is 0 Å². The van der Waals surface area contributed by atoms with E-state index >= 15 is 0 Å². The third-order valence-electron chi connectivity index (χ3n) is 5.36. The fourth-order valence-electron chi connectivity index (χ4n) is 3.88. The molecule has 1 aromatic heterocycles. The minimum Gasteiger partial charge on any atom is -0.309 e. The molecule has 1 heterocycles. The molecule has 2 bridgehead atoms. The first-order valence-electron chi connectivity index (χ1n) is 7.10. The van der Waals surface area contributed by atoms with Crippen molar-refractivity contribution in [3.05, 3.63) is 34.5 Å². The number of hydrogen-bond donors (Lipinski definition) is 1. The lowest BCUT2D eigenvalue weighted by Crippen LogP contribution is -2.37. The van der Waals surface area contributed by atoms with Crippen molar-refractivity contribution in [1.29, 1.82) is 0 Å². The van der Waals surface area contributed by atoms with Crippen LogP contribution in [0.3, 0.4) is 0 Å². The topological polar surface area (TPSA) is 42.0 Å². The molecule has 2 aliphatic carbocycles.